The smallest absolute Gasteiger partial charge is 0.317 e. The minimum absolute atomic E-state index is 0.0621. The van der Waals surface area contributed by atoms with Gasteiger partial charge in [0.15, 0.2) is 0 Å². The maximum atomic E-state index is 12.2. The molecule has 0 aromatic heterocycles. The zero-order chi connectivity index (χ0) is 14.3. The third kappa shape index (κ3) is 6.18. The molecule has 1 unspecified atom stereocenters. The second kappa shape index (κ2) is 8.30. The maximum absolute atomic E-state index is 12.2. The number of carbonyl (C=O) groups excluding carboxylic acids is 1. The summed E-state index contributed by atoms with van der Waals surface area (Å²) in [6.45, 7) is 4.40. The van der Waals surface area contributed by atoms with Crippen molar-refractivity contribution >= 4 is 23.8 Å². The topological polar surface area (TPSA) is 69.6 Å². The number of carboxylic acid groups (broad SMARTS) is 1. The lowest BCUT2D eigenvalue weighted by molar-refractivity contribution is -0.137. The second-order valence-corrected chi connectivity index (χ2v) is 6.30. The van der Waals surface area contributed by atoms with Crippen molar-refractivity contribution in [2.75, 3.05) is 18.1 Å². The molecule has 1 aliphatic rings. The van der Waals surface area contributed by atoms with Gasteiger partial charge in [-0.15, -0.1) is 0 Å². The van der Waals surface area contributed by atoms with Crippen LogP contribution in [0.1, 0.15) is 39.5 Å². The Labute approximate surface area is 119 Å². The SMILES string of the molecule is CC(C)N(CCCC(=O)O)C(=O)NC1CCCSC1. The van der Waals surface area contributed by atoms with E-state index in [1.54, 1.807) is 4.90 Å². The van der Waals surface area contributed by atoms with Crippen molar-refractivity contribution in [3.05, 3.63) is 0 Å². The van der Waals surface area contributed by atoms with E-state index in [0.29, 0.717) is 13.0 Å². The Bertz CT molecular complexity index is 304. The van der Waals surface area contributed by atoms with Crippen molar-refractivity contribution in [1.82, 2.24) is 10.2 Å². The van der Waals surface area contributed by atoms with Crippen molar-refractivity contribution in [2.24, 2.45) is 0 Å². The number of amides is 2. The summed E-state index contributed by atoms with van der Waals surface area (Å²) in [5, 5.41) is 11.7. The zero-order valence-corrected chi connectivity index (χ0v) is 12.5. The highest BCUT2D eigenvalue weighted by Gasteiger charge is 2.21. The Morgan fingerprint density at radius 3 is 2.74 bits per heavy atom. The van der Waals surface area contributed by atoms with Crippen LogP contribution in [-0.4, -0.2) is 52.1 Å². The van der Waals surface area contributed by atoms with Gasteiger partial charge in [-0.05, 0) is 38.9 Å². The molecule has 1 aliphatic heterocycles. The van der Waals surface area contributed by atoms with Crippen LogP contribution in [0.2, 0.25) is 0 Å². The lowest BCUT2D eigenvalue weighted by Gasteiger charge is -2.30. The molecule has 19 heavy (non-hydrogen) atoms. The van der Waals surface area contributed by atoms with Gasteiger partial charge >= 0.3 is 12.0 Å². The van der Waals surface area contributed by atoms with Gasteiger partial charge in [-0.2, -0.15) is 11.8 Å². The molecule has 0 radical (unpaired) electrons. The molecule has 0 aliphatic carbocycles. The first kappa shape index (κ1) is 16.1. The van der Waals surface area contributed by atoms with E-state index in [1.807, 2.05) is 25.6 Å². The van der Waals surface area contributed by atoms with Crippen molar-refractivity contribution < 1.29 is 14.7 Å². The Morgan fingerprint density at radius 1 is 1.47 bits per heavy atom. The Kier molecular flexibility index (Phi) is 7.05. The summed E-state index contributed by atoms with van der Waals surface area (Å²) in [4.78, 5) is 24.4. The second-order valence-electron chi connectivity index (χ2n) is 5.15. The molecule has 2 amide bonds. The van der Waals surface area contributed by atoms with Crippen LogP contribution in [0.3, 0.4) is 0 Å². The highest BCUT2D eigenvalue weighted by Crippen LogP contribution is 2.17. The normalized spacial score (nSPS) is 19.2. The van der Waals surface area contributed by atoms with Gasteiger partial charge < -0.3 is 15.3 Å². The summed E-state index contributed by atoms with van der Waals surface area (Å²) in [5.41, 5.74) is 0. The third-order valence-electron chi connectivity index (χ3n) is 3.16. The number of aliphatic carboxylic acids is 1. The standard InChI is InChI=1S/C13H24N2O3S/c1-10(2)15(7-3-6-12(16)17)13(18)14-11-5-4-8-19-9-11/h10-11H,3-9H2,1-2H3,(H,14,18)(H,16,17). The fourth-order valence-corrected chi connectivity index (χ4v) is 3.18. The average molecular weight is 288 g/mol. The summed E-state index contributed by atoms with van der Waals surface area (Å²) in [6, 6.07) is 0.282. The molecule has 110 valence electrons. The molecule has 6 heteroatoms. The van der Waals surface area contributed by atoms with Gasteiger partial charge in [-0.3, -0.25) is 4.79 Å². The molecule has 1 rings (SSSR count). The van der Waals surface area contributed by atoms with E-state index < -0.39 is 5.97 Å². The molecule has 1 atom stereocenters. The number of hydrogen-bond donors (Lipinski definition) is 2. The Hall–Kier alpha value is -0.910. The quantitative estimate of drug-likeness (QED) is 0.786. The molecule has 1 fully saturated rings. The number of carboxylic acids is 1. The predicted molar refractivity (Wildman–Crippen MR) is 77.6 cm³/mol. The van der Waals surface area contributed by atoms with Crippen molar-refractivity contribution in [3.8, 4) is 0 Å². The van der Waals surface area contributed by atoms with E-state index in [0.717, 1.165) is 18.6 Å². The molecule has 0 saturated carbocycles. The van der Waals surface area contributed by atoms with E-state index in [1.165, 1.54) is 5.75 Å². The number of nitrogens with zero attached hydrogens (tertiary/aromatic N) is 1. The van der Waals surface area contributed by atoms with Gasteiger partial charge in [0.25, 0.3) is 0 Å². The first-order chi connectivity index (χ1) is 9.00. The minimum Gasteiger partial charge on any atom is -0.481 e. The molecule has 1 saturated heterocycles. The molecular weight excluding hydrogens is 264 g/mol. The highest BCUT2D eigenvalue weighted by atomic mass is 32.2. The number of carbonyl (C=O) groups is 2. The van der Waals surface area contributed by atoms with E-state index in [4.69, 9.17) is 5.11 Å². The van der Waals surface area contributed by atoms with Crippen molar-refractivity contribution in [3.63, 3.8) is 0 Å². The summed E-state index contributed by atoms with van der Waals surface area (Å²) < 4.78 is 0. The minimum atomic E-state index is -0.812. The maximum Gasteiger partial charge on any atom is 0.317 e. The summed E-state index contributed by atoms with van der Waals surface area (Å²) >= 11 is 1.88. The molecule has 0 aromatic carbocycles. The molecule has 5 nitrogen and oxygen atoms in total. The van der Waals surface area contributed by atoms with Crippen LogP contribution >= 0.6 is 11.8 Å². The van der Waals surface area contributed by atoms with Crippen LogP contribution in [0.4, 0.5) is 4.79 Å². The van der Waals surface area contributed by atoms with Crippen molar-refractivity contribution in [2.45, 2.75) is 51.6 Å². The molecule has 0 bridgehead atoms. The average Bonchev–Trinajstić information content (AvgIpc) is 2.35. The van der Waals surface area contributed by atoms with E-state index in [9.17, 15) is 9.59 Å². The van der Waals surface area contributed by atoms with Crippen LogP contribution in [0.25, 0.3) is 0 Å². The fourth-order valence-electron chi connectivity index (χ4n) is 2.11. The fraction of sp³-hybridized carbons (Fsp3) is 0.846. The summed E-state index contributed by atoms with van der Waals surface area (Å²) in [7, 11) is 0. The number of rotatable bonds is 6. The van der Waals surface area contributed by atoms with Gasteiger partial charge in [0.1, 0.15) is 0 Å². The lowest BCUT2D eigenvalue weighted by atomic mass is 10.2. The summed E-state index contributed by atoms with van der Waals surface area (Å²) in [5.74, 6) is 1.35. The molecular formula is C13H24N2O3S. The lowest BCUT2D eigenvalue weighted by Crippen LogP contribution is -2.49. The Morgan fingerprint density at radius 2 is 2.21 bits per heavy atom. The third-order valence-corrected chi connectivity index (χ3v) is 4.38. The number of thioether (sulfide) groups is 1. The molecule has 2 N–H and O–H groups in total. The predicted octanol–water partition coefficient (Wildman–Crippen LogP) is 2.17. The van der Waals surface area contributed by atoms with Gasteiger partial charge in [-0.1, -0.05) is 0 Å². The first-order valence-electron chi connectivity index (χ1n) is 6.87. The van der Waals surface area contributed by atoms with Crippen LogP contribution in [0, 0.1) is 0 Å². The summed E-state index contributed by atoms with van der Waals surface area (Å²) in [6.07, 6.45) is 2.80. The van der Waals surface area contributed by atoms with Gasteiger partial charge in [0, 0.05) is 30.8 Å². The molecule has 0 aromatic rings. The van der Waals surface area contributed by atoms with E-state index in [-0.39, 0.29) is 24.5 Å². The number of nitrogens with one attached hydrogen (secondary N) is 1. The van der Waals surface area contributed by atoms with Gasteiger partial charge in [0.2, 0.25) is 0 Å². The van der Waals surface area contributed by atoms with Gasteiger partial charge in [0.05, 0.1) is 0 Å². The number of hydrogen-bond acceptors (Lipinski definition) is 3. The molecule has 0 spiro atoms. The van der Waals surface area contributed by atoms with Crippen LogP contribution in [-0.2, 0) is 4.79 Å². The van der Waals surface area contributed by atoms with E-state index >= 15 is 0 Å². The van der Waals surface area contributed by atoms with E-state index in [2.05, 4.69) is 5.32 Å². The van der Waals surface area contributed by atoms with Crippen LogP contribution < -0.4 is 5.32 Å². The van der Waals surface area contributed by atoms with Crippen LogP contribution in [0.15, 0.2) is 0 Å². The van der Waals surface area contributed by atoms with Gasteiger partial charge in [-0.25, -0.2) is 4.79 Å². The van der Waals surface area contributed by atoms with Crippen molar-refractivity contribution in [1.29, 1.82) is 0 Å². The van der Waals surface area contributed by atoms with Crippen LogP contribution in [0.5, 0.6) is 0 Å². The first-order valence-corrected chi connectivity index (χ1v) is 8.03. The number of urea groups is 1. The highest BCUT2D eigenvalue weighted by molar-refractivity contribution is 7.99. The zero-order valence-electron chi connectivity index (χ0n) is 11.7. The monoisotopic (exact) mass is 288 g/mol. The Balaban J connectivity index is 2.40. The largest absolute Gasteiger partial charge is 0.481 e. The molecule has 1 heterocycles.